The molecule has 136 valence electrons. The van der Waals surface area contributed by atoms with E-state index < -0.39 is 0 Å². The topological polar surface area (TPSA) is 51.0 Å². The summed E-state index contributed by atoms with van der Waals surface area (Å²) >= 11 is 1.50. The number of aryl methyl sites for hydroxylation is 2. The molecule has 2 heterocycles. The Morgan fingerprint density at radius 2 is 2.00 bits per heavy atom. The minimum atomic E-state index is 0.00976. The Balaban J connectivity index is 1.75. The minimum Gasteiger partial charge on any atom is -0.337 e. The fourth-order valence-corrected chi connectivity index (χ4v) is 3.84. The molecule has 2 aromatic heterocycles. The Kier molecular flexibility index (Phi) is 5.23. The van der Waals surface area contributed by atoms with Crippen LogP contribution in [0.25, 0.3) is 5.69 Å². The van der Waals surface area contributed by atoms with Gasteiger partial charge in [0.2, 0.25) is 0 Å². The lowest BCUT2D eigenvalue weighted by Gasteiger charge is -2.15. The summed E-state index contributed by atoms with van der Waals surface area (Å²) in [4.78, 5) is 19.8. The van der Waals surface area contributed by atoms with E-state index in [-0.39, 0.29) is 5.91 Å². The van der Waals surface area contributed by atoms with E-state index in [2.05, 4.69) is 36.9 Å². The molecule has 26 heavy (non-hydrogen) atoms. The standard InChI is InChI=1S/C20H24N4OS/c1-13(2)19-22-15(4)18(26-19)20(25)23(5)11-16-10-21-24(12-16)17-9-7-6-8-14(17)3/h6-10,12-13H,11H2,1-5H3. The number of amides is 1. The van der Waals surface area contributed by atoms with Crippen LogP contribution < -0.4 is 0 Å². The molecule has 0 saturated carbocycles. The number of rotatable bonds is 5. The first-order chi connectivity index (χ1) is 12.4. The summed E-state index contributed by atoms with van der Waals surface area (Å²) in [6.07, 6.45) is 3.79. The maximum absolute atomic E-state index is 12.8. The van der Waals surface area contributed by atoms with Crippen LogP contribution in [-0.2, 0) is 6.54 Å². The van der Waals surface area contributed by atoms with Crippen LogP contribution in [-0.4, -0.2) is 32.6 Å². The lowest BCUT2D eigenvalue weighted by atomic mass is 10.2. The summed E-state index contributed by atoms with van der Waals surface area (Å²) in [5.74, 6) is 0.341. The molecule has 6 heteroatoms. The largest absolute Gasteiger partial charge is 0.337 e. The predicted molar refractivity (Wildman–Crippen MR) is 105 cm³/mol. The van der Waals surface area contributed by atoms with Gasteiger partial charge in [0.25, 0.3) is 5.91 Å². The summed E-state index contributed by atoms with van der Waals surface area (Å²) in [7, 11) is 1.82. The van der Waals surface area contributed by atoms with Crippen molar-refractivity contribution in [1.29, 1.82) is 0 Å². The van der Waals surface area contributed by atoms with Crippen LogP contribution in [0.2, 0.25) is 0 Å². The molecular weight excluding hydrogens is 344 g/mol. The number of hydrogen-bond donors (Lipinski definition) is 0. The van der Waals surface area contributed by atoms with Crippen molar-refractivity contribution < 1.29 is 4.79 Å². The summed E-state index contributed by atoms with van der Waals surface area (Å²) in [5.41, 5.74) is 4.02. The van der Waals surface area contributed by atoms with E-state index in [4.69, 9.17) is 0 Å². The van der Waals surface area contributed by atoms with E-state index in [1.54, 1.807) is 4.90 Å². The average Bonchev–Trinajstić information content (AvgIpc) is 3.21. The maximum Gasteiger partial charge on any atom is 0.265 e. The van der Waals surface area contributed by atoms with Crippen molar-refractivity contribution in [1.82, 2.24) is 19.7 Å². The number of para-hydroxylation sites is 1. The van der Waals surface area contributed by atoms with Gasteiger partial charge in [-0.05, 0) is 25.5 Å². The molecule has 3 rings (SSSR count). The normalized spacial score (nSPS) is 11.2. The highest BCUT2D eigenvalue weighted by atomic mass is 32.1. The van der Waals surface area contributed by atoms with Crippen LogP contribution in [0.4, 0.5) is 0 Å². The SMILES string of the molecule is Cc1ccccc1-n1cc(CN(C)C(=O)c2sc(C(C)C)nc2C)cn1. The van der Waals surface area contributed by atoms with Crippen LogP contribution in [0, 0.1) is 13.8 Å². The van der Waals surface area contributed by atoms with Crippen LogP contribution in [0.15, 0.2) is 36.7 Å². The molecule has 0 aliphatic rings. The molecular formula is C20H24N4OS. The minimum absolute atomic E-state index is 0.00976. The molecule has 0 radical (unpaired) electrons. The van der Waals surface area contributed by atoms with Gasteiger partial charge < -0.3 is 4.90 Å². The molecule has 0 spiro atoms. The summed E-state index contributed by atoms with van der Waals surface area (Å²) in [5, 5.41) is 5.45. The van der Waals surface area contributed by atoms with Crippen LogP contribution in [0.3, 0.4) is 0 Å². The van der Waals surface area contributed by atoms with E-state index >= 15 is 0 Å². The van der Waals surface area contributed by atoms with E-state index in [0.717, 1.165) is 32.4 Å². The van der Waals surface area contributed by atoms with E-state index in [0.29, 0.717) is 12.5 Å². The Morgan fingerprint density at radius 3 is 2.65 bits per heavy atom. The Labute approximate surface area is 158 Å². The molecule has 3 aromatic rings. The zero-order valence-electron chi connectivity index (χ0n) is 15.9. The highest BCUT2D eigenvalue weighted by Gasteiger charge is 2.20. The monoisotopic (exact) mass is 368 g/mol. The third-order valence-electron chi connectivity index (χ3n) is 4.27. The third-order valence-corrected chi connectivity index (χ3v) is 5.71. The molecule has 0 unspecified atom stereocenters. The van der Waals surface area contributed by atoms with Gasteiger partial charge >= 0.3 is 0 Å². The van der Waals surface area contributed by atoms with E-state index in [1.165, 1.54) is 11.3 Å². The number of hydrogen-bond acceptors (Lipinski definition) is 4. The Morgan fingerprint density at radius 1 is 1.27 bits per heavy atom. The van der Waals surface area contributed by atoms with E-state index in [1.807, 2.05) is 49.2 Å². The molecule has 0 aliphatic carbocycles. The van der Waals surface area contributed by atoms with Crippen LogP contribution in [0.5, 0.6) is 0 Å². The molecule has 0 saturated heterocycles. The summed E-state index contributed by atoms with van der Waals surface area (Å²) in [6.45, 7) is 8.66. The van der Waals surface area contributed by atoms with Crippen LogP contribution in [0.1, 0.15) is 51.3 Å². The fraction of sp³-hybridized carbons (Fsp3) is 0.350. The van der Waals surface area contributed by atoms with Crippen molar-refractivity contribution in [3.63, 3.8) is 0 Å². The first-order valence-corrected chi connectivity index (χ1v) is 9.50. The van der Waals surface area contributed by atoms with E-state index in [9.17, 15) is 4.79 Å². The number of carbonyl (C=O) groups is 1. The molecule has 1 amide bonds. The van der Waals surface area contributed by atoms with Crippen molar-refractivity contribution in [3.8, 4) is 5.69 Å². The van der Waals surface area contributed by atoms with Gasteiger partial charge in [-0.2, -0.15) is 5.10 Å². The lowest BCUT2D eigenvalue weighted by molar-refractivity contribution is 0.0789. The average molecular weight is 369 g/mol. The molecule has 0 atom stereocenters. The number of nitrogens with zero attached hydrogens (tertiary/aromatic N) is 4. The Hall–Kier alpha value is -2.47. The zero-order valence-corrected chi connectivity index (χ0v) is 16.7. The zero-order chi connectivity index (χ0) is 18.8. The van der Waals surface area contributed by atoms with Gasteiger partial charge in [-0.25, -0.2) is 9.67 Å². The molecule has 0 bridgehead atoms. The first kappa shape index (κ1) is 18.3. The van der Waals surface area contributed by atoms with Gasteiger partial charge in [-0.1, -0.05) is 32.0 Å². The number of thiazole rings is 1. The summed E-state index contributed by atoms with van der Waals surface area (Å²) < 4.78 is 1.86. The van der Waals surface area contributed by atoms with Gasteiger partial charge in [0.05, 0.1) is 22.6 Å². The first-order valence-electron chi connectivity index (χ1n) is 8.69. The van der Waals surface area contributed by atoms with Gasteiger partial charge in [0, 0.05) is 31.3 Å². The van der Waals surface area contributed by atoms with Gasteiger partial charge in [0.1, 0.15) is 4.88 Å². The predicted octanol–water partition coefficient (Wildman–Crippen LogP) is 4.34. The molecule has 0 aliphatic heterocycles. The maximum atomic E-state index is 12.8. The molecule has 0 fully saturated rings. The van der Waals surface area contributed by atoms with Crippen molar-refractivity contribution in [2.75, 3.05) is 7.05 Å². The van der Waals surface area contributed by atoms with Crippen molar-refractivity contribution >= 4 is 17.2 Å². The van der Waals surface area contributed by atoms with Gasteiger partial charge in [-0.15, -0.1) is 11.3 Å². The van der Waals surface area contributed by atoms with Gasteiger partial charge in [-0.3, -0.25) is 4.79 Å². The second kappa shape index (κ2) is 7.41. The second-order valence-electron chi connectivity index (χ2n) is 6.86. The molecule has 0 N–H and O–H groups in total. The molecule has 5 nitrogen and oxygen atoms in total. The second-order valence-corrected chi connectivity index (χ2v) is 7.89. The van der Waals surface area contributed by atoms with Gasteiger partial charge in [0.15, 0.2) is 0 Å². The van der Waals surface area contributed by atoms with Crippen molar-refractivity contribution in [2.45, 2.75) is 40.2 Å². The van der Waals surface area contributed by atoms with Crippen molar-refractivity contribution in [3.05, 3.63) is 63.4 Å². The van der Waals surface area contributed by atoms with Crippen LogP contribution >= 0.6 is 11.3 Å². The third kappa shape index (κ3) is 3.70. The highest BCUT2D eigenvalue weighted by Crippen LogP contribution is 2.26. The number of carbonyl (C=O) groups excluding carboxylic acids is 1. The number of benzene rings is 1. The number of aromatic nitrogens is 3. The fourth-order valence-electron chi connectivity index (χ4n) is 2.78. The highest BCUT2D eigenvalue weighted by molar-refractivity contribution is 7.13. The summed E-state index contributed by atoms with van der Waals surface area (Å²) in [6, 6.07) is 8.11. The molecule has 1 aromatic carbocycles. The lowest BCUT2D eigenvalue weighted by Crippen LogP contribution is -2.25. The Bertz CT molecular complexity index is 926. The smallest absolute Gasteiger partial charge is 0.265 e. The van der Waals surface area contributed by atoms with Crippen molar-refractivity contribution in [2.24, 2.45) is 0 Å². The quantitative estimate of drug-likeness (QED) is 0.673.